The highest BCUT2D eigenvalue weighted by molar-refractivity contribution is 9.10. The van der Waals surface area contributed by atoms with E-state index in [2.05, 4.69) is 62.2 Å². The summed E-state index contributed by atoms with van der Waals surface area (Å²) in [5.74, 6) is 0.502. The molecule has 6 heteroatoms. The normalized spacial score (nSPS) is 11.0. The molecule has 3 aromatic carbocycles. The van der Waals surface area contributed by atoms with Crippen LogP contribution in [0.25, 0.3) is 16.9 Å². The minimum absolute atomic E-state index is 0.268. The number of carbonyl (C=O) groups excluding carboxylic acids is 1. The minimum atomic E-state index is -0.268. The molecule has 4 aromatic rings. The van der Waals surface area contributed by atoms with E-state index in [-0.39, 0.29) is 5.91 Å². The Morgan fingerprint density at radius 3 is 2.48 bits per heavy atom. The zero-order valence-electron chi connectivity index (χ0n) is 18.5. The van der Waals surface area contributed by atoms with Crippen LogP contribution >= 0.6 is 15.9 Å². The molecule has 0 aliphatic heterocycles. The lowest BCUT2D eigenvalue weighted by atomic mass is 10.1. The molecule has 0 radical (unpaired) electrons. The van der Waals surface area contributed by atoms with Crippen molar-refractivity contribution in [3.63, 3.8) is 0 Å². The number of amides is 1. The Kier molecular flexibility index (Phi) is 7.05. The van der Waals surface area contributed by atoms with Crippen LogP contribution in [0.2, 0.25) is 0 Å². The van der Waals surface area contributed by atoms with Gasteiger partial charge in [-0.05, 0) is 95.5 Å². The molecule has 0 unspecified atom stereocenters. The number of aryl methyl sites for hydroxylation is 1. The van der Waals surface area contributed by atoms with E-state index in [0.29, 0.717) is 12.2 Å². The second kappa shape index (κ2) is 10.3. The molecule has 0 aliphatic carbocycles. The second-order valence-electron chi connectivity index (χ2n) is 7.43. The third-order valence-electron chi connectivity index (χ3n) is 5.17. The van der Waals surface area contributed by atoms with Gasteiger partial charge in [-0.25, -0.2) is 5.43 Å². The van der Waals surface area contributed by atoms with Crippen molar-refractivity contribution in [1.29, 1.82) is 0 Å². The molecule has 0 aliphatic rings. The predicted molar refractivity (Wildman–Crippen MR) is 136 cm³/mol. The number of aromatic nitrogens is 1. The maximum atomic E-state index is 12.5. The molecule has 1 N–H and O–H groups in total. The molecular weight excluding hydrogens is 478 g/mol. The third kappa shape index (κ3) is 5.23. The van der Waals surface area contributed by atoms with Gasteiger partial charge < -0.3 is 9.30 Å². The van der Waals surface area contributed by atoms with Crippen molar-refractivity contribution >= 4 is 28.1 Å². The van der Waals surface area contributed by atoms with Gasteiger partial charge in [-0.2, -0.15) is 5.10 Å². The average Bonchev–Trinajstić information content (AvgIpc) is 3.23. The first-order valence-corrected chi connectivity index (χ1v) is 11.5. The summed E-state index contributed by atoms with van der Waals surface area (Å²) < 4.78 is 8.52. The van der Waals surface area contributed by atoms with Crippen molar-refractivity contribution in [2.24, 2.45) is 5.10 Å². The first-order chi connectivity index (χ1) is 16.1. The van der Waals surface area contributed by atoms with Gasteiger partial charge in [0, 0.05) is 16.9 Å². The van der Waals surface area contributed by atoms with E-state index in [9.17, 15) is 4.79 Å². The topological polar surface area (TPSA) is 55.6 Å². The standard InChI is InChI=1S/C27H24BrN3O2/c1-3-33-26-16-10-20(17-24(26)28)18-29-30-27(32)22-11-13-23(14-12-22)31-19(2)9-15-25(31)21-7-5-4-6-8-21/h4-18H,3H2,1-2H3,(H,30,32)/b29-18+. The van der Waals surface area contributed by atoms with Crippen molar-refractivity contribution in [2.75, 3.05) is 6.61 Å². The van der Waals surface area contributed by atoms with Crippen LogP contribution in [0.3, 0.4) is 0 Å². The highest BCUT2D eigenvalue weighted by Crippen LogP contribution is 2.27. The molecule has 33 heavy (non-hydrogen) atoms. The third-order valence-corrected chi connectivity index (χ3v) is 5.79. The number of hydrogen-bond acceptors (Lipinski definition) is 3. The van der Waals surface area contributed by atoms with Crippen LogP contribution in [0.4, 0.5) is 0 Å². The Labute approximate surface area is 201 Å². The van der Waals surface area contributed by atoms with Gasteiger partial charge in [0.1, 0.15) is 5.75 Å². The van der Waals surface area contributed by atoms with Gasteiger partial charge in [-0.3, -0.25) is 4.79 Å². The Morgan fingerprint density at radius 2 is 1.79 bits per heavy atom. The minimum Gasteiger partial charge on any atom is -0.493 e. The number of hydrogen-bond donors (Lipinski definition) is 1. The Hall–Kier alpha value is -3.64. The molecule has 0 bridgehead atoms. The van der Waals surface area contributed by atoms with E-state index in [1.165, 1.54) is 0 Å². The lowest BCUT2D eigenvalue weighted by Gasteiger charge is -2.12. The second-order valence-corrected chi connectivity index (χ2v) is 8.28. The number of hydrazone groups is 1. The number of benzene rings is 3. The summed E-state index contributed by atoms with van der Waals surface area (Å²) in [6, 6.07) is 27.6. The predicted octanol–water partition coefficient (Wildman–Crippen LogP) is 6.38. The number of halogens is 1. The number of carbonyl (C=O) groups is 1. The summed E-state index contributed by atoms with van der Waals surface area (Å²) in [5.41, 5.74) is 8.34. The van der Waals surface area contributed by atoms with Crippen LogP contribution in [0, 0.1) is 6.92 Å². The van der Waals surface area contributed by atoms with E-state index >= 15 is 0 Å². The summed E-state index contributed by atoms with van der Waals surface area (Å²) in [7, 11) is 0. The fraction of sp³-hybridized carbons (Fsp3) is 0.111. The van der Waals surface area contributed by atoms with Gasteiger partial charge in [0.2, 0.25) is 0 Å². The van der Waals surface area contributed by atoms with Gasteiger partial charge in [0.25, 0.3) is 5.91 Å². The van der Waals surface area contributed by atoms with Crippen LogP contribution in [-0.2, 0) is 0 Å². The van der Waals surface area contributed by atoms with Crippen LogP contribution in [0.5, 0.6) is 5.75 Å². The lowest BCUT2D eigenvalue weighted by Crippen LogP contribution is -2.17. The van der Waals surface area contributed by atoms with Gasteiger partial charge in [0.05, 0.1) is 23.0 Å². The molecule has 1 heterocycles. The summed E-state index contributed by atoms with van der Waals surface area (Å²) >= 11 is 3.48. The van der Waals surface area contributed by atoms with E-state index < -0.39 is 0 Å². The van der Waals surface area contributed by atoms with Crippen LogP contribution < -0.4 is 10.2 Å². The molecule has 5 nitrogen and oxygen atoms in total. The van der Waals surface area contributed by atoms with Gasteiger partial charge in [0.15, 0.2) is 0 Å². The summed E-state index contributed by atoms with van der Waals surface area (Å²) in [6.45, 7) is 4.60. The van der Waals surface area contributed by atoms with Gasteiger partial charge in [-0.1, -0.05) is 30.3 Å². The molecule has 0 atom stereocenters. The molecule has 0 saturated carbocycles. The van der Waals surface area contributed by atoms with Crippen LogP contribution in [-0.4, -0.2) is 23.3 Å². The SMILES string of the molecule is CCOc1ccc(/C=N/NC(=O)c2ccc(-n3c(C)ccc3-c3ccccc3)cc2)cc1Br. The summed E-state index contributed by atoms with van der Waals surface area (Å²) in [5, 5.41) is 4.08. The Balaban J connectivity index is 1.46. The number of nitrogens with one attached hydrogen (secondary N) is 1. The van der Waals surface area contributed by atoms with E-state index in [1.807, 2.05) is 67.6 Å². The highest BCUT2D eigenvalue weighted by Gasteiger charge is 2.11. The Bertz CT molecular complexity index is 1280. The molecule has 4 rings (SSSR count). The maximum Gasteiger partial charge on any atom is 0.271 e. The van der Waals surface area contributed by atoms with Crippen molar-refractivity contribution < 1.29 is 9.53 Å². The smallest absolute Gasteiger partial charge is 0.271 e. The summed E-state index contributed by atoms with van der Waals surface area (Å²) in [6.07, 6.45) is 1.60. The zero-order chi connectivity index (χ0) is 23.2. The number of nitrogens with zero attached hydrogens (tertiary/aromatic N) is 2. The van der Waals surface area contributed by atoms with Crippen LogP contribution in [0.15, 0.2) is 94.5 Å². The van der Waals surface area contributed by atoms with Gasteiger partial charge >= 0.3 is 0 Å². The molecule has 0 saturated heterocycles. The number of ether oxygens (including phenoxy) is 1. The lowest BCUT2D eigenvalue weighted by molar-refractivity contribution is 0.0955. The monoisotopic (exact) mass is 501 g/mol. The largest absolute Gasteiger partial charge is 0.493 e. The van der Waals surface area contributed by atoms with Crippen molar-refractivity contribution in [1.82, 2.24) is 9.99 Å². The van der Waals surface area contributed by atoms with Crippen molar-refractivity contribution in [3.8, 4) is 22.7 Å². The van der Waals surface area contributed by atoms with Crippen molar-refractivity contribution in [2.45, 2.75) is 13.8 Å². The van der Waals surface area contributed by atoms with E-state index in [0.717, 1.165) is 38.4 Å². The summed E-state index contributed by atoms with van der Waals surface area (Å²) in [4.78, 5) is 12.5. The molecule has 166 valence electrons. The first kappa shape index (κ1) is 22.6. The first-order valence-electron chi connectivity index (χ1n) is 10.7. The molecule has 0 fully saturated rings. The molecule has 1 amide bonds. The number of rotatable bonds is 7. The fourth-order valence-corrected chi connectivity index (χ4v) is 4.09. The highest BCUT2D eigenvalue weighted by atomic mass is 79.9. The fourth-order valence-electron chi connectivity index (χ4n) is 3.58. The molecule has 0 spiro atoms. The maximum absolute atomic E-state index is 12.5. The average molecular weight is 502 g/mol. The molecule has 1 aromatic heterocycles. The van der Waals surface area contributed by atoms with E-state index in [4.69, 9.17) is 4.74 Å². The van der Waals surface area contributed by atoms with Crippen molar-refractivity contribution in [3.05, 3.63) is 106 Å². The quantitative estimate of drug-likeness (QED) is 0.236. The van der Waals surface area contributed by atoms with E-state index in [1.54, 1.807) is 6.21 Å². The van der Waals surface area contributed by atoms with Gasteiger partial charge in [-0.15, -0.1) is 0 Å². The Morgan fingerprint density at radius 1 is 1.03 bits per heavy atom. The molecular formula is C27H24BrN3O2. The van der Waals surface area contributed by atoms with Crippen LogP contribution in [0.1, 0.15) is 28.5 Å². The zero-order valence-corrected chi connectivity index (χ0v) is 20.0.